The maximum Gasteiger partial charge on any atom is 0.223 e. The van der Waals surface area contributed by atoms with E-state index in [4.69, 9.17) is 11.6 Å². The molecule has 0 radical (unpaired) electrons. The van der Waals surface area contributed by atoms with Crippen molar-refractivity contribution in [1.29, 1.82) is 0 Å². The minimum atomic E-state index is 0.432. The number of aromatic nitrogens is 2. The summed E-state index contributed by atoms with van der Waals surface area (Å²) in [7, 11) is 0. The monoisotopic (exact) mass is 288 g/mol. The van der Waals surface area contributed by atoms with Crippen molar-refractivity contribution in [3.63, 3.8) is 0 Å². The number of piperidine rings is 1. The van der Waals surface area contributed by atoms with Crippen LogP contribution in [0.5, 0.6) is 0 Å². The van der Waals surface area contributed by atoms with Crippen molar-refractivity contribution in [2.75, 3.05) is 18.4 Å². The van der Waals surface area contributed by atoms with Crippen LogP contribution >= 0.6 is 11.6 Å². The molecule has 0 bridgehead atoms. The molecule has 0 unspecified atom stereocenters. The Labute approximate surface area is 123 Å². The van der Waals surface area contributed by atoms with E-state index in [1.165, 1.54) is 0 Å². The maximum absolute atomic E-state index is 6.21. The van der Waals surface area contributed by atoms with E-state index < -0.39 is 0 Å². The highest BCUT2D eigenvalue weighted by Gasteiger charge is 2.15. The fourth-order valence-corrected chi connectivity index (χ4v) is 2.58. The highest BCUT2D eigenvalue weighted by Crippen LogP contribution is 2.26. The summed E-state index contributed by atoms with van der Waals surface area (Å²) in [6.45, 7) is 2.08. The molecule has 1 aromatic heterocycles. The number of nitrogens with zero attached hydrogens (tertiary/aromatic N) is 2. The van der Waals surface area contributed by atoms with Gasteiger partial charge in [-0.25, -0.2) is 9.97 Å². The molecule has 0 atom stereocenters. The largest absolute Gasteiger partial charge is 0.351 e. The molecule has 5 heteroatoms. The molecule has 0 spiro atoms. The van der Waals surface area contributed by atoms with E-state index in [0.29, 0.717) is 17.0 Å². The second-order valence-electron chi connectivity index (χ2n) is 4.92. The fraction of sp³-hybridized carbons (Fsp3) is 0.333. The lowest BCUT2D eigenvalue weighted by molar-refractivity contribution is 0.477. The van der Waals surface area contributed by atoms with E-state index in [0.717, 1.165) is 37.2 Å². The molecule has 0 aliphatic carbocycles. The highest BCUT2D eigenvalue weighted by atomic mass is 35.5. The van der Waals surface area contributed by atoms with Crippen LogP contribution < -0.4 is 10.6 Å². The second kappa shape index (κ2) is 6.20. The Morgan fingerprint density at radius 2 is 1.90 bits per heavy atom. The van der Waals surface area contributed by atoms with Crippen LogP contribution in [0.3, 0.4) is 0 Å². The van der Waals surface area contributed by atoms with E-state index in [2.05, 4.69) is 20.6 Å². The Balaban J connectivity index is 1.83. The first-order chi connectivity index (χ1) is 9.83. The zero-order valence-electron chi connectivity index (χ0n) is 11.1. The lowest BCUT2D eigenvalue weighted by Gasteiger charge is -2.23. The third kappa shape index (κ3) is 3.08. The van der Waals surface area contributed by atoms with Crippen molar-refractivity contribution < 1.29 is 0 Å². The number of hydrogen-bond acceptors (Lipinski definition) is 4. The Morgan fingerprint density at radius 3 is 2.65 bits per heavy atom. The molecule has 2 aromatic rings. The van der Waals surface area contributed by atoms with Crippen LogP contribution in [0, 0.1) is 0 Å². The Morgan fingerprint density at radius 1 is 1.15 bits per heavy atom. The molecule has 104 valence electrons. The Hall–Kier alpha value is -1.65. The summed E-state index contributed by atoms with van der Waals surface area (Å²) in [5.41, 5.74) is 1.78. The standard InChI is InChI=1S/C15H17ClN4/c16-13-10-18-15(19-12-6-8-17-9-7-12)20-14(13)11-4-2-1-3-5-11/h1-5,10,12,17H,6-9H2,(H,18,19,20). The van der Waals surface area contributed by atoms with Gasteiger partial charge in [-0.3, -0.25) is 0 Å². The van der Waals surface area contributed by atoms with Crippen LogP contribution in [-0.4, -0.2) is 29.1 Å². The molecule has 20 heavy (non-hydrogen) atoms. The number of nitrogens with one attached hydrogen (secondary N) is 2. The van der Waals surface area contributed by atoms with Gasteiger partial charge >= 0.3 is 0 Å². The van der Waals surface area contributed by atoms with Crippen molar-refractivity contribution in [2.45, 2.75) is 18.9 Å². The molecule has 2 N–H and O–H groups in total. The quantitative estimate of drug-likeness (QED) is 0.912. The first-order valence-corrected chi connectivity index (χ1v) is 7.26. The molecule has 4 nitrogen and oxygen atoms in total. The second-order valence-corrected chi connectivity index (χ2v) is 5.33. The van der Waals surface area contributed by atoms with Gasteiger partial charge in [0.2, 0.25) is 5.95 Å². The van der Waals surface area contributed by atoms with Gasteiger partial charge in [-0.2, -0.15) is 0 Å². The van der Waals surface area contributed by atoms with Gasteiger partial charge in [0.1, 0.15) is 0 Å². The van der Waals surface area contributed by atoms with Crippen LogP contribution in [0.4, 0.5) is 5.95 Å². The smallest absolute Gasteiger partial charge is 0.223 e. The zero-order valence-corrected chi connectivity index (χ0v) is 11.9. The van der Waals surface area contributed by atoms with Crippen molar-refractivity contribution in [3.05, 3.63) is 41.6 Å². The van der Waals surface area contributed by atoms with Crippen molar-refractivity contribution in [1.82, 2.24) is 15.3 Å². The molecular weight excluding hydrogens is 272 g/mol. The molecule has 0 saturated carbocycles. The van der Waals surface area contributed by atoms with Gasteiger partial charge in [-0.1, -0.05) is 41.9 Å². The predicted octanol–water partition coefficient (Wildman–Crippen LogP) is 2.96. The molecular formula is C15H17ClN4. The van der Waals surface area contributed by atoms with E-state index >= 15 is 0 Å². The lowest BCUT2D eigenvalue weighted by Crippen LogP contribution is -2.35. The first-order valence-electron chi connectivity index (χ1n) is 6.88. The average Bonchev–Trinajstić information content (AvgIpc) is 2.51. The van der Waals surface area contributed by atoms with Gasteiger partial charge < -0.3 is 10.6 Å². The van der Waals surface area contributed by atoms with Gasteiger partial charge in [0.05, 0.1) is 16.9 Å². The summed E-state index contributed by atoms with van der Waals surface area (Å²) >= 11 is 6.21. The molecule has 0 amide bonds. The van der Waals surface area contributed by atoms with Gasteiger partial charge in [-0.05, 0) is 25.9 Å². The number of rotatable bonds is 3. The molecule has 2 heterocycles. The molecule has 1 aliphatic heterocycles. The zero-order chi connectivity index (χ0) is 13.8. The van der Waals surface area contributed by atoms with Crippen molar-refractivity contribution >= 4 is 17.5 Å². The van der Waals surface area contributed by atoms with Crippen LogP contribution in [-0.2, 0) is 0 Å². The maximum atomic E-state index is 6.21. The van der Waals surface area contributed by atoms with Crippen molar-refractivity contribution in [3.8, 4) is 11.3 Å². The van der Waals surface area contributed by atoms with Crippen LogP contribution in [0.25, 0.3) is 11.3 Å². The summed E-state index contributed by atoms with van der Waals surface area (Å²) < 4.78 is 0. The normalized spacial score (nSPS) is 16.1. The topological polar surface area (TPSA) is 49.8 Å². The molecule has 1 aromatic carbocycles. The van der Waals surface area contributed by atoms with E-state index in [9.17, 15) is 0 Å². The molecule has 3 rings (SSSR count). The first kappa shape index (κ1) is 13.3. The summed E-state index contributed by atoms with van der Waals surface area (Å²) in [4.78, 5) is 8.85. The fourth-order valence-electron chi connectivity index (χ4n) is 2.38. The molecule has 1 aliphatic rings. The third-order valence-corrected chi connectivity index (χ3v) is 3.74. The molecule has 1 saturated heterocycles. The SMILES string of the molecule is Clc1cnc(NC2CCNCC2)nc1-c1ccccc1. The van der Waals surface area contributed by atoms with E-state index in [1.54, 1.807) is 6.20 Å². The Bertz CT molecular complexity index is 567. The summed E-state index contributed by atoms with van der Waals surface area (Å²) in [6.07, 6.45) is 3.85. The third-order valence-electron chi connectivity index (χ3n) is 3.46. The number of halogens is 1. The highest BCUT2D eigenvalue weighted by molar-refractivity contribution is 6.32. The predicted molar refractivity (Wildman–Crippen MR) is 82.0 cm³/mol. The van der Waals surface area contributed by atoms with E-state index in [-0.39, 0.29) is 0 Å². The lowest BCUT2D eigenvalue weighted by atomic mass is 10.1. The van der Waals surface area contributed by atoms with E-state index in [1.807, 2.05) is 30.3 Å². The van der Waals surface area contributed by atoms with Gasteiger partial charge in [0.25, 0.3) is 0 Å². The summed E-state index contributed by atoms with van der Waals surface area (Å²) in [5, 5.41) is 7.32. The van der Waals surface area contributed by atoms with Crippen LogP contribution in [0.2, 0.25) is 5.02 Å². The minimum Gasteiger partial charge on any atom is -0.351 e. The van der Waals surface area contributed by atoms with Crippen molar-refractivity contribution in [2.24, 2.45) is 0 Å². The van der Waals surface area contributed by atoms with Crippen LogP contribution in [0.1, 0.15) is 12.8 Å². The summed E-state index contributed by atoms with van der Waals surface area (Å²) in [5.74, 6) is 0.653. The van der Waals surface area contributed by atoms with Gasteiger partial charge in [-0.15, -0.1) is 0 Å². The average molecular weight is 289 g/mol. The number of benzene rings is 1. The molecule has 1 fully saturated rings. The summed E-state index contributed by atoms with van der Waals surface area (Å²) in [6, 6.07) is 10.4. The minimum absolute atomic E-state index is 0.432. The van der Waals surface area contributed by atoms with Gasteiger partial charge in [0.15, 0.2) is 0 Å². The van der Waals surface area contributed by atoms with Gasteiger partial charge in [0, 0.05) is 11.6 Å². The van der Waals surface area contributed by atoms with Crippen LogP contribution in [0.15, 0.2) is 36.5 Å². The Kier molecular flexibility index (Phi) is 4.14. The number of hydrogen-bond donors (Lipinski definition) is 2. The number of anilines is 1.